The van der Waals surface area contributed by atoms with E-state index in [4.69, 9.17) is 0 Å². The highest BCUT2D eigenvalue weighted by Gasteiger charge is 2.21. The van der Waals surface area contributed by atoms with Crippen LogP contribution in [0, 0.1) is 0 Å². The number of fused-ring (bicyclic) bond motifs is 2. The van der Waals surface area contributed by atoms with Crippen LogP contribution in [0.2, 0.25) is 0 Å². The number of aromatic nitrogens is 2. The molecule has 4 heterocycles. The average molecular weight is 531 g/mol. The number of pyridine rings is 2. The van der Waals surface area contributed by atoms with Crippen LogP contribution in [0.3, 0.4) is 0 Å². The summed E-state index contributed by atoms with van der Waals surface area (Å²) in [4.78, 5) is 34.8. The van der Waals surface area contributed by atoms with Crippen LogP contribution in [0.5, 0.6) is 0 Å². The fraction of sp³-hybridized carbons (Fsp3) is 0.406. The van der Waals surface area contributed by atoms with Gasteiger partial charge in [-0.3, -0.25) is 19.7 Å². The van der Waals surface area contributed by atoms with Gasteiger partial charge in [-0.25, -0.2) is 0 Å². The number of hydrogen-bond acceptors (Lipinski definition) is 4. The van der Waals surface area contributed by atoms with Gasteiger partial charge in [-0.1, -0.05) is 39.8 Å². The summed E-state index contributed by atoms with van der Waals surface area (Å²) in [6.07, 6.45) is 8.12. The summed E-state index contributed by atoms with van der Waals surface area (Å²) in [6.45, 7) is 13.6. The van der Waals surface area contributed by atoms with E-state index in [9.17, 15) is 14.4 Å². The minimum Gasteiger partial charge on any atom is -0.320 e. The van der Waals surface area contributed by atoms with Gasteiger partial charge in [0.15, 0.2) is 5.78 Å². The molecule has 4 rings (SSSR count). The molecule has 0 atom stereocenters. The number of carbonyl (C=O) groups is 3. The normalized spacial score (nSPS) is 10.9. The molecule has 0 bridgehead atoms. The monoisotopic (exact) mass is 530 g/mol. The zero-order chi connectivity index (χ0) is 28.5. The molecule has 208 valence electrons. The molecule has 0 aliphatic heterocycles. The van der Waals surface area contributed by atoms with Gasteiger partial charge in [0.1, 0.15) is 0 Å². The molecule has 0 aliphatic rings. The smallest absolute Gasteiger partial charge is 0.231 e. The highest BCUT2D eigenvalue weighted by Crippen LogP contribution is 2.26. The van der Waals surface area contributed by atoms with Gasteiger partial charge in [0, 0.05) is 43.0 Å². The number of imide groups is 1. The van der Waals surface area contributed by atoms with E-state index in [0.717, 1.165) is 49.0 Å². The molecule has 0 radical (unpaired) electrons. The Morgan fingerprint density at radius 3 is 1.90 bits per heavy atom. The second-order valence-electron chi connectivity index (χ2n) is 9.62. The molecule has 7 nitrogen and oxygen atoms in total. The SMILES string of the molecule is CCNCCc1c(CC)c(CC)n2ccccc12.CCc1c(CC(=O)NC(C)=O)c2ccccn2c1C(C)=O. The summed E-state index contributed by atoms with van der Waals surface area (Å²) in [5.41, 5.74) is 9.09. The number of amides is 2. The van der Waals surface area contributed by atoms with Gasteiger partial charge in [-0.15, -0.1) is 0 Å². The van der Waals surface area contributed by atoms with Crippen LogP contribution >= 0.6 is 0 Å². The minimum atomic E-state index is -0.381. The van der Waals surface area contributed by atoms with Crippen molar-refractivity contribution in [3.8, 4) is 0 Å². The van der Waals surface area contributed by atoms with E-state index >= 15 is 0 Å². The molecule has 0 saturated heterocycles. The third-order valence-corrected chi connectivity index (χ3v) is 7.06. The third kappa shape index (κ3) is 6.66. The lowest BCUT2D eigenvalue weighted by atomic mass is 10.0. The lowest BCUT2D eigenvalue weighted by Gasteiger charge is -2.04. The van der Waals surface area contributed by atoms with Crippen LogP contribution in [0.1, 0.15) is 80.0 Å². The molecule has 2 amide bonds. The summed E-state index contributed by atoms with van der Waals surface area (Å²) in [7, 11) is 0. The van der Waals surface area contributed by atoms with Crippen LogP contribution in [-0.2, 0) is 41.7 Å². The van der Waals surface area contributed by atoms with Gasteiger partial charge in [-0.05, 0) is 85.3 Å². The minimum absolute atomic E-state index is 0.0359. The number of ketones is 1. The third-order valence-electron chi connectivity index (χ3n) is 7.06. The maximum Gasteiger partial charge on any atom is 0.231 e. The molecular formula is C32H42N4O3. The Morgan fingerprint density at radius 2 is 1.36 bits per heavy atom. The van der Waals surface area contributed by atoms with E-state index in [-0.39, 0.29) is 24.0 Å². The topological polar surface area (TPSA) is 84.1 Å². The number of nitrogens with one attached hydrogen (secondary N) is 2. The molecule has 0 fully saturated rings. The van der Waals surface area contributed by atoms with Crippen LogP contribution in [0.25, 0.3) is 11.0 Å². The maximum atomic E-state index is 11.9. The first-order valence-electron chi connectivity index (χ1n) is 14.0. The van der Waals surface area contributed by atoms with Crippen LogP contribution in [0.15, 0.2) is 48.8 Å². The standard InChI is InChI=1S/C16H18N2O3.C16H24N2/c1-4-12-13(9-15(21)17-11(3)20)14-7-5-6-8-18(14)16(12)10(2)19;1-4-13-14(10-11-17-6-3)16-9-7-8-12-18(16)15(13)5-2/h5-8H,4,9H2,1-3H3,(H,17,20,21);7-9,12,17H,4-6,10-11H2,1-3H3. The van der Waals surface area contributed by atoms with Crippen LogP contribution in [0.4, 0.5) is 0 Å². The molecule has 2 N–H and O–H groups in total. The molecule has 0 aromatic carbocycles. The summed E-state index contributed by atoms with van der Waals surface area (Å²) >= 11 is 0. The maximum absolute atomic E-state index is 11.9. The molecule has 0 aliphatic carbocycles. The lowest BCUT2D eigenvalue weighted by Crippen LogP contribution is -2.29. The first kappa shape index (κ1) is 29.8. The molecule has 0 saturated carbocycles. The van der Waals surface area contributed by atoms with Gasteiger partial charge in [0.2, 0.25) is 11.8 Å². The quantitative estimate of drug-likeness (QED) is 0.220. The highest BCUT2D eigenvalue weighted by molar-refractivity contribution is 5.99. The fourth-order valence-corrected chi connectivity index (χ4v) is 5.56. The van der Waals surface area contributed by atoms with Crippen molar-refractivity contribution in [3.05, 3.63) is 82.4 Å². The Bertz CT molecular complexity index is 1460. The van der Waals surface area contributed by atoms with E-state index in [1.54, 1.807) is 5.56 Å². The zero-order valence-corrected chi connectivity index (χ0v) is 24.2. The molecule has 7 heteroatoms. The average Bonchev–Trinajstić information content (AvgIpc) is 3.40. The van der Waals surface area contributed by atoms with Gasteiger partial charge in [-0.2, -0.15) is 0 Å². The highest BCUT2D eigenvalue weighted by atomic mass is 16.2. The largest absolute Gasteiger partial charge is 0.320 e. The summed E-state index contributed by atoms with van der Waals surface area (Å²) in [5, 5.41) is 5.70. The Morgan fingerprint density at radius 1 is 0.744 bits per heavy atom. The van der Waals surface area contributed by atoms with E-state index in [1.807, 2.05) is 35.7 Å². The van der Waals surface area contributed by atoms with Crippen molar-refractivity contribution in [2.45, 2.75) is 73.6 Å². The molecule has 0 unspecified atom stereocenters. The Hall–Kier alpha value is -3.71. The fourth-order valence-electron chi connectivity index (χ4n) is 5.56. The Labute approximate surface area is 231 Å². The second-order valence-corrected chi connectivity index (χ2v) is 9.62. The Balaban J connectivity index is 0.000000218. The summed E-state index contributed by atoms with van der Waals surface area (Å²) in [5.74, 6) is -0.775. The number of aryl methyl sites for hydroxylation is 1. The number of Topliss-reactive ketones (excluding diaryl/α,β-unsaturated/α-hetero) is 1. The van der Waals surface area contributed by atoms with Crippen molar-refractivity contribution in [2.24, 2.45) is 0 Å². The number of likely N-dealkylation sites (N-methyl/N-ethyl adjacent to an activating group) is 1. The Kier molecular flexibility index (Phi) is 10.6. The van der Waals surface area contributed by atoms with Crippen molar-refractivity contribution in [1.82, 2.24) is 19.4 Å². The van der Waals surface area contributed by atoms with Crippen molar-refractivity contribution >= 4 is 28.6 Å². The molecule has 4 aromatic rings. The van der Waals surface area contributed by atoms with Gasteiger partial charge in [0.25, 0.3) is 0 Å². The second kappa shape index (κ2) is 13.9. The number of hydrogen-bond donors (Lipinski definition) is 2. The van der Waals surface area contributed by atoms with Gasteiger partial charge < -0.3 is 14.1 Å². The first-order chi connectivity index (χ1) is 18.8. The first-order valence-corrected chi connectivity index (χ1v) is 14.0. The molecule has 4 aromatic heterocycles. The zero-order valence-electron chi connectivity index (χ0n) is 24.2. The lowest BCUT2D eigenvalue weighted by molar-refractivity contribution is -0.128. The molecule has 39 heavy (non-hydrogen) atoms. The van der Waals surface area contributed by atoms with E-state index in [0.29, 0.717) is 12.1 Å². The predicted molar refractivity (Wildman–Crippen MR) is 158 cm³/mol. The summed E-state index contributed by atoms with van der Waals surface area (Å²) < 4.78 is 4.19. The van der Waals surface area contributed by atoms with Gasteiger partial charge in [0.05, 0.1) is 12.1 Å². The van der Waals surface area contributed by atoms with Crippen molar-refractivity contribution in [1.29, 1.82) is 0 Å². The van der Waals surface area contributed by atoms with Crippen molar-refractivity contribution < 1.29 is 14.4 Å². The van der Waals surface area contributed by atoms with Crippen molar-refractivity contribution in [2.75, 3.05) is 13.1 Å². The van der Waals surface area contributed by atoms with E-state index in [2.05, 4.69) is 60.2 Å². The number of carbonyl (C=O) groups excluding carboxylic acids is 3. The van der Waals surface area contributed by atoms with Crippen molar-refractivity contribution in [3.63, 3.8) is 0 Å². The predicted octanol–water partition coefficient (Wildman–Crippen LogP) is 5.13. The van der Waals surface area contributed by atoms with E-state index < -0.39 is 0 Å². The number of nitrogens with zero attached hydrogens (tertiary/aromatic N) is 2. The van der Waals surface area contributed by atoms with Crippen LogP contribution in [-0.4, -0.2) is 39.5 Å². The number of rotatable bonds is 10. The van der Waals surface area contributed by atoms with E-state index in [1.165, 1.54) is 30.6 Å². The van der Waals surface area contributed by atoms with Gasteiger partial charge >= 0.3 is 0 Å². The molecular weight excluding hydrogens is 488 g/mol. The van der Waals surface area contributed by atoms with Crippen LogP contribution < -0.4 is 10.6 Å². The summed E-state index contributed by atoms with van der Waals surface area (Å²) in [6, 6.07) is 12.1. The molecule has 0 spiro atoms.